The zero-order valence-electron chi connectivity index (χ0n) is 4.95. The van der Waals surface area contributed by atoms with Gasteiger partial charge in [0.25, 0.3) is 0 Å². The molecular weight excluding hydrogens is 182 g/mol. The lowest BCUT2D eigenvalue weighted by Gasteiger charge is -1.88. The first-order valence-corrected chi connectivity index (χ1v) is 3.74. The van der Waals surface area contributed by atoms with Gasteiger partial charge in [0.1, 0.15) is 5.15 Å². The molecule has 0 saturated carbocycles. The number of aromatic nitrogens is 1. The van der Waals surface area contributed by atoms with Crippen LogP contribution in [0.1, 0.15) is 13.0 Å². The maximum atomic E-state index is 10.0. The normalized spacial score (nSPS) is 8.09. The molecule has 11 heavy (non-hydrogen) atoms. The Kier molecular flexibility index (Phi) is 4.74. The largest absolute Gasteiger partial charge is 0.245 e. The molecule has 0 aromatic carbocycles. The van der Waals surface area contributed by atoms with Gasteiger partial charge in [-0.25, -0.2) is 9.19 Å². The van der Waals surface area contributed by atoms with Gasteiger partial charge in [0.2, 0.25) is 0 Å². The van der Waals surface area contributed by atoms with Gasteiger partial charge in [0.05, 0.1) is 11.3 Å². The Morgan fingerprint density at radius 2 is 2.36 bits per heavy atom. The van der Waals surface area contributed by atoms with E-state index in [-0.39, 0.29) is 7.43 Å². The standard InChI is InChI=1S/C6H4ClNOS.CH4/c7-6-3-5(4-10-9)1-2-8-6;/h1-4H;1H4. The summed E-state index contributed by atoms with van der Waals surface area (Å²) in [6.45, 7) is 0. The smallest absolute Gasteiger partial charge is 0.129 e. The second kappa shape index (κ2) is 5.04. The molecule has 1 rings (SSSR count). The molecule has 4 heteroatoms. The number of hydrogen-bond acceptors (Lipinski definition) is 2. The van der Waals surface area contributed by atoms with E-state index in [0.29, 0.717) is 16.4 Å². The van der Waals surface area contributed by atoms with Crippen molar-refractivity contribution in [2.75, 3.05) is 0 Å². The number of rotatable bonds is 1. The second-order valence-corrected chi connectivity index (χ2v) is 2.44. The van der Waals surface area contributed by atoms with Gasteiger partial charge in [-0.3, -0.25) is 0 Å². The molecule has 0 aliphatic carbocycles. The lowest BCUT2D eigenvalue weighted by molar-refractivity contribution is 0.701. The minimum Gasteiger partial charge on any atom is -0.245 e. The number of nitrogens with zero attached hydrogens (tertiary/aromatic N) is 1. The molecule has 0 atom stereocenters. The van der Waals surface area contributed by atoms with E-state index in [2.05, 4.69) is 4.98 Å². The minimum absolute atomic E-state index is 0. The van der Waals surface area contributed by atoms with Gasteiger partial charge in [-0.15, -0.1) is 0 Å². The summed E-state index contributed by atoms with van der Waals surface area (Å²) in [7, 11) is 0. The van der Waals surface area contributed by atoms with Crippen LogP contribution in [0.2, 0.25) is 5.15 Å². The van der Waals surface area contributed by atoms with E-state index in [1.807, 2.05) is 0 Å². The van der Waals surface area contributed by atoms with E-state index in [0.717, 1.165) is 5.56 Å². The molecule has 2 nitrogen and oxygen atoms in total. The first kappa shape index (κ1) is 10.3. The average molecular weight is 190 g/mol. The van der Waals surface area contributed by atoms with Crippen LogP contribution in [0.4, 0.5) is 0 Å². The number of hydrogen-bond donors (Lipinski definition) is 0. The zero-order valence-corrected chi connectivity index (χ0v) is 6.52. The molecule has 0 radical (unpaired) electrons. The van der Waals surface area contributed by atoms with Crippen molar-refractivity contribution < 1.29 is 4.21 Å². The molecule has 60 valence electrons. The Labute approximate surface area is 74.3 Å². The summed E-state index contributed by atoms with van der Waals surface area (Å²) in [5, 5.41) is 1.87. The molecular formula is C7H8ClNOS. The van der Waals surface area contributed by atoms with Crippen molar-refractivity contribution >= 4 is 28.2 Å². The number of halogens is 1. The molecule has 0 fully saturated rings. The van der Waals surface area contributed by atoms with E-state index < -0.39 is 0 Å². The molecule has 0 amide bonds. The molecule has 1 aromatic heterocycles. The van der Waals surface area contributed by atoms with Crippen molar-refractivity contribution in [3.05, 3.63) is 29.0 Å². The quantitative estimate of drug-likeness (QED) is 0.498. The van der Waals surface area contributed by atoms with Crippen LogP contribution in [0.5, 0.6) is 0 Å². The molecule has 1 aromatic rings. The Balaban J connectivity index is 0.000001000. The molecule has 0 saturated heterocycles. The number of pyridine rings is 1. The van der Waals surface area contributed by atoms with Crippen LogP contribution in [-0.2, 0) is 11.3 Å². The van der Waals surface area contributed by atoms with Crippen molar-refractivity contribution in [1.82, 2.24) is 4.98 Å². The molecule has 0 unspecified atom stereocenters. The average Bonchev–Trinajstić information content (AvgIpc) is 1.88. The van der Waals surface area contributed by atoms with Crippen molar-refractivity contribution in [3.63, 3.8) is 0 Å². The van der Waals surface area contributed by atoms with Crippen LogP contribution in [-0.4, -0.2) is 14.6 Å². The van der Waals surface area contributed by atoms with Crippen LogP contribution in [0.15, 0.2) is 18.3 Å². The molecule has 0 N–H and O–H groups in total. The monoisotopic (exact) mass is 189 g/mol. The Hall–Kier alpha value is -0.670. The third kappa shape index (κ3) is 3.30. The van der Waals surface area contributed by atoms with Gasteiger partial charge in [-0.1, -0.05) is 19.0 Å². The topological polar surface area (TPSA) is 30.0 Å². The third-order valence-corrected chi connectivity index (χ3v) is 1.51. The summed E-state index contributed by atoms with van der Waals surface area (Å²) in [6.07, 6.45) is 1.56. The Morgan fingerprint density at radius 3 is 2.91 bits per heavy atom. The van der Waals surface area contributed by atoms with E-state index in [9.17, 15) is 4.21 Å². The Bertz CT molecular complexity index is 284. The van der Waals surface area contributed by atoms with Crippen LogP contribution in [0.3, 0.4) is 0 Å². The lowest BCUT2D eigenvalue weighted by Crippen LogP contribution is -1.80. The van der Waals surface area contributed by atoms with E-state index >= 15 is 0 Å². The maximum Gasteiger partial charge on any atom is 0.129 e. The first-order valence-electron chi connectivity index (χ1n) is 2.56. The summed E-state index contributed by atoms with van der Waals surface area (Å²) in [6, 6.07) is 3.35. The van der Waals surface area contributed by atoms with Crippen molar-refractivity contribution in [1.29, 1.82) is 0 Å². The molecule has 0 bridgehead atoms. The van der Waals surface area contributed by atoms with E-state index in [4.69, 9.17) is 11.6 Å². The van der Waals surface area contributed by atoms with Gasteiger partial charge in [-0.2, -0.15) is 0 Å². The summed E-state index contributed by atoms with van der Waals surface area (Å²) in [5.74, 6) is 0. The van der Waals surface area contributed by atoms with Crippen molar-refractivity contribution in [2.24, 2.45) is 0 Å². The highest BCUT2D eigenvalue weighted by Gasteiger charge is 1.88. The van der Waals surface area contributed by atoms with Crippen LogP contribution >= 0.6 is 11.6 Å². The van der Waals surface area contributed by atoms with E-state index in [1.165, 1.54) is 5.37 Å². The second-order valence-electron chi connectivity index (χ2n) is 1.63. The highest BCUT2D eigenvalue weighted by atomic mass is 35.5. The summed E-state index contributed by atoms with van der Waals surface area (Å²) >= 11 is 5.94. The molecule has 0 aliphatic heterocycles. The Morgan fingerprint density at radius 1 is 1.64 bits per heavy atom. The predicted octanol–water partition coefficient (Wildman–Crippen LogP) is 1.73. The fraction of sp³-hybridized carbons (Fsp3) is 0.143. The summed E-state index contributed by atoms with van der Waals surface area (Å²) < 4.78 is 10.0. The fourth-order valence-electron chi connectivity index (χ4n) is 0.546. The molecule has 1 heterocycles. The third-order valence-electron chi connectivity index (χ3n) is 0.935. The van der Waals surface area contributed by atoms with Crippen LogP contribution in [0, 0.1) is 0 Å². The predicted molar refractivity (Wildman–Crippen MR) is 49.3 cm³/mol. The van der Waals surface area contributed by atoms with Crippen LogP contribution in [0.25, 0.3) is 0 Å². The lowest BCUT2D eigenvalue weighted by atomic mass is 10.3. The first-order chi connectivity index (χ1) is 4.83. The summed E-state index contributed by atoms with van der Waals surface area (Å²) in [4.78, 5) is 3.76. The van der Waals surface area contributed by atoms with Crippen molar-refractivity contribution in [2.45, 2.75) is 7.43 Å². The van der Waals surface area contributed by atoms with Gasteiger partial charge in [0.15, 0.2) is 0 Å². The maximum absolute atomic E-state index is 10.0. The highest BCUT2D eigenvalue weighted by Crippen LogP contribution is 2.03. The van der Waals surface area contributed by atoms with Gasteiger partial charge < -0.3 is 0 Å². The fourth-order valence-corrected chi connectivity index (χ4v) is 0.986. The van der Waals surface area contributed by atoms with Crippen molar-refractivity contribution in [3.8, 4) is 0 Å². The molecule has 0 spiro atoms. The van der Waals surface area contributed by atoms with Crippen LogP contribution < -0.4 is 0 Å². The minimum atomic E-state index is 0. The zero-order chi connectivity index (χ0) is 7.40. The van der Waals surface area contributed by atoms with E-state index in [1.54, 1.807) is 18.3 Å². The van der Waals surface area contributed by atoms with Gasteiger partial charge in [0, 0.05) is 11.6 Å². The molecule has 0 aliphatic rings. The SMILES string of the molecule is C.O=S=Cc1ccnc(Cl)c1. The summed E-state index contributed by atoms with van der Waals surface area (Å²) in [5.41, 5.74) is 0.792. The highest BCUT2D eigenvalue weighted by molar-refractivity contribution is 7.65. The van der Waals surface area contributed by atoms with Gasteiger partial charge >= 0.3 is 0 Å². The van der Waals surface area contributed by atoms with Gasteiger partial charge in [-0.05, 0) is 17.7 Å².